The van der Waals surface area contributed by atoms with Gasteiger partial charge in [0, 0.05) is 50.2 Å². The molecule has 6 nitrogen and oxygen atoms in total. The number of nitrogens with one attached hydrogen (secondary N) is 1. The molecule has 9 heteroatoms. The van der Waals surface area contributed by atoms with Crippen LogP contribution in [0.25, 0.3) is 16.7 Å². The minimum Gasteiger partial charge on any atom is -0.354 e. The number of hydrogen-bond acceptors (Lipinski definition) is 5. The van der Waals surface area contributed by atoms with E-state index in [2.05, 4.69) is 22.3 Å². The predicted molar refractivity (Wildman–Crippen MR) is 156 cm³/mol. The number of aromatic nitrogens is 2. The van der Waals surface area contributed by atoms with Crippen molar-refractivity contribution < 1.29 is 13.2 Å². The molecule has 0 bridgehead atoms. The highest BCUT2D eigenvalue weighted by molar-refractivity contribution is 5.86. The number of fused-ring (bicyclic) bond motifs is 1. The summed E-state index contributed by atoms with van der Waals surface area (Å²) >= 11 is 0. The summed E-state index contributed by atoms with van der Waals surface area (Å²) in [4.78, 5) is 22.2. The van der Waals surface area contributed by atoms with E-state index in [0.717, 1.165) is 12.6 Å². The van der Waals surface area contributed by atoms with Crippen molar-refractivity contribution in [1.82, 2.24) is 14.5 Å². The number of rotatable bonds is 6. The van der Waals surface area contributed by atoms with Crippen LogP contribution in [0.1, 0.15) is 11.1 Å². The van der Waals surface area contributed by atoms with E-state index in [1.165, 1.54) is 11.6 Å². The van der Waals surface area contributed by atoms with Gasteiger partial charge < -0.3 is 10.2 Å². The lowest BCUT2D eigenvalue weighted by Gasteiger charge is -2.36. The Kier molecular flexibility index (Phi) is 7.19. The van der Waals surface area contributed by atoms with Crippen molar-refractivity contribution in [2.75, 3.05) is 36.4 Å². The van der Waals surface area contributed by atoms with E-state index in [-0.39, 0.29) is 11.5 Å². The summed E-state index contributed by atoms with van der Waals surface area (Å²) in [6.45, 7) is 3.16. The molecule has 3 heterocycles. The van der Waals surface area contributed by atoms with Gasteiger partial charge in [-0.1, -0.05) is 66.7 Å². The number of piperazine rings is 1. The molecule has 0 atom stereocenters. The largest absolute Gasteiger partial charge is 0.417 e. The van der Waals surface area contributed by atoms with E-state index < -0.39 is 22.6 Å². The number of para-hydroxylation sites is 2. The summed E-state index contributed by atoms with van der Waals surface area (Å²) in [5.41, 5.74) is 0.696. The molecule has 0 spiro atoms. The highest BCUT2D eigenvalue weighted by Gasteiger charge is 2.36. The Balaban J connectivity index is 1.46. The second kappa shape index (κ2) is 11.1. The highest BCUT2D eigenvalue weighted by Crippen LogP contribution is 2.37. The van der Waals surface area contributed by atoms with Gasteiger partial charge in [0.25, 0.3) is 0 Å². The lowest BCUT2D eigenvalue weighted by molar-refractivity contribution is -0.136. The third-order valence-corrected chi connectivity index (χ3v) is 7.27. The standard InChI is InChI=1S/C32H28F3N5O/c33-32(34,35)26-20-28(39-18-16-38(17-19-39)22-23-10-4-1-5-11-23)37-31-30(26)27(41)21-29(36-24-12-6-2-7-13-24)40(31)25-14-8-3-9-15-25/h1-15,20-21,36H,16-19,22H2. The molecule has 1 N–H and O–H groups in total. The van der Waals surface area contributed by atoms with Crippen LogP contribution in [0, 0.1) is 0 Å². The van der Waals surface area contributed by atoms with E-state index in [1.807, 2.05) is 59.5 Å². The van der Waals surface area contributed by atoms with Crippen molar-refractivity contribution >= 4 is 28.4 Å². The summed E-state index contributed by atoms with van der Waals surface area (Å²) in [6.07, 6.45) is -4.74. The first kappa shape index (κ1) is 26.6. The van der Waals surface area contributed by atoms with E-state index >= 15 is 0 Å². The Hall–Kier alpha value is -4.63. The SMILES string of the molecule is O=c1cc(Nc2ccccc2)n(-c2ccccc2)c2nc(N3CCN(Cc4ccccc4)CC3)cc(C(F)(F)F)c12. The molecule has 2 aromatic heterocycles. The molecule has 1 aliphatic rings. The first-order chi connectivity index (χ1) is 19.9. The smallest absolute Gasteiger partial charge is 0.354 e. The Labute approximate surface area is 235 Å². The first-order valence-corrected chi connectivity index (χ1v) is 13.4. The molecule has 1 fully saturated rings. The molecule has 208 valence electrons. The van der Waals surface area contributed by atoms with Crippen LogP contribution < -0.4 is 15.6 Å². The van der Waals surface area contributed by atoms with E-state index in [0.29, 0.717) is 43.4 Å². The summed E-state index contributed by atoms with van der Waals surface area (Å²) in [6, 6.07) is 30.5. The van der Waals surface area contributed by atoms with Crippen LogP contribution in [-0.2, 0) is 12.7 Å². The number of halogens is 3. The van der Waals surface area contributed by atoms with E-state index in [9.17, 15) is 18.0 Å². The van der Waals surface area contributed by atoms with Gasteiger partial charge in [-0.05, 0) is 35.9 Å². The molecule has 1 aliphatic heterocycles. The van der Waals surface area contributed by atoms with Crippen LogP contribution in [0.3, 0.4) is 0 Å². The molecule has 0 aliphatic carbocycles. The third kappa shape index (κ3) is 5.67. The number of nitrogens with zero attached hydrogens (tertiary/aromatic N) is 4. The Bertz CT molecular complexity index is 1700. The Morgan fingerprint density at radius 3 is 2.02 bits per heavy atom. The lowest BCUT2D eigenvalue weighted by atomic mass is 10.1. The normalized spacial score (nSPS) is 14.4. The summed E-state index contributed by atoms with van der Waals surface area (Å²) < 4.78 is 45.1. The maximum atomic E-state index is 14.5. The fraction of sp³-hybridized carbons (Fsp3) is 0.188. The van der Waals surface area contributed by atoms with E-state index in [1.54, 1.807) is 28.8 Å². The van der Waals surface area contributed by atoms with Crippen molar-refractivity contribution in [2.24, 2.45) is 0 Å². The summed E-state index contributed by atoms with van der Waals surface area (Å²) in [5, 5.41) is 2.76. The molecule has 0 saturated carbocycles. The van der Waals surface area contributed by atoms with Crippen LogP contribution in [0.5, 0.6) is 0 Å². The topological polar surface area (TPSA) is 53.4 Å². The van der Waals surface area contributed by atoms with Crippen molar-refractivity contribution in [3.05, 3.63) is 124 Å². The molecule has 41 heavy (non-hydrogen) atoms. The van der Waals surface area contributed by atoms with Gasteiger partial charge in [0.1, 0.15) is 11.6 Å². The molecule has 3 aromatic carbocycles. The zero-order chi connectivity index (χ0) is 28.4. The van der Waals surface area contributed by atoms with Gasteiger partial charge in [-0.2, -0.15) is 13.2 Å². The zero-order valence-corrected chi connectivity index (χ0v) is 22.2. The molecular formula is C32H28F3N5O. The maximum absolute atomic E-state index is 14.5. The van der Waals surface area contributed by atoms with Crippen molar-refractivity contribution in [3.8, 4) is 5.69 Å². The molecule has 1 saturated heterocycles. The van der Waals surface area contributed by atoms with Crippen LogP contribution in [0.15, 0.2) is 108 Å². The van der Waals surface area contributed by atoms with Crippen LogP contribution in [0.2, 0.25) is 0 Å². The van der Waals surface area contributed by atoms with Gasteiger partial charge in [0.2, 0.25) is 0 Å². The molecule has 0 radical (unpaired) electrons. The Morgan fingerprint density at radius 1 is 0.780 bits per heavy atom. The minimum absolute atomic E-state index is 0.0429. The second-order valence-electron chi connectivity index (χ2n) is 10.0. The summed E-state index contributed by atoms with van der Waals surface area (Å²) in [5.74, 6) is 0.524. The first-order valence-electron chi connectivity index (χ1n) is 13.4. The fourth-order valence-corrected chi connectivity index (χ4v) is 5.26. The number of hydrogen-bond donors (Lipinski definition) is 1. The van der Waals surface area contributed by atoms with Gasteiger partial charge in [-0.3, -0.25) is 14.3 Å². The zero-order valence-electron chi connectivity index (χ0n) is 22.2. The van der Waals surface area contributed by atoms with Crippen molar-refractivity contribution in [3.63, 3.8) is 0 Å². The lowest BCUT2D eigenvalue weighted by Crippen LogP contribution is -2.46. The maximum Gasteiger partial charge on any atom is 0.417 e. The van der Waals surface area contributed by atoms with Crippen LogP contribution in [0.4, 0.5) is 30.5 Å². The number of pyridine rings is 2. The summed E-state index contributed by atoms with van der Waals surface area (Å²) in [7, 11) is 0. The van der Waals surface area contributed by atoms with Gasteiger partial charge >= 0.3 is 6.18 Å². The molecule has 0 amide bonds. The Morgan fingerprint density at radius 2 is 1.39 bits per heavy atom. The van der Waals surface area contributed by atoms with Crippen LogP contribution >= 0.6 is 0 Å². The molecular weight excluding hydrogens is 527 g/mol. The predicted octanol–water partition coefficient (Wildman–Crippen LogP) is 6.47. The van der Waals surface area contributed by atoms with Gasteiger partial charge in [0.05, 0.1) is 10.9 Å². The molecule has 6 rings (SSSR count). The van der Waals surface area contributed by atoms with Gasteiger partial charge in [0.15, 0.2) is 11.1 Å². The quantitative estimate of drug-likeness (QED) is 0.260. The number of benzene rings is 3. The number of alkyl halides is 3. The average Bonchev–Trinajstić information content (AvgIpc) is 2.98. The monoisotopic (exact) mass is 555 g/mol. The van der Waals surface area contributed by atoms with Gasteiger partial charge in [-0.25, -0.2) is 4.98 Å². The number of anilines is 3. The van der Waals surface area contributed by atoms with Crippen LogP contribution in [-0.4, -0.2) is 40.6 Å². The molecule has 0 unspecified atom stereocenters. The fourth-order valence-electron chi connectivity index (χ4n) is 5.26. The third-order valence-electron chi connectivity index (χ3n) is 7.27. The molecule has 5 aromatic rings. The van der Waals surface area contributed by atoms with Crippen molar-refractivity contribution in [1.29, 1.82) is 0 Å². The second-order valence-corrected chi connectivity index (χ2v) is 10.0. The van der Waals surface area contributed by atoms with Crippen molar-refractivity contribution in [2.45, 2.75) is 12.7 Å². The highest BCUT2D eigenvalue weighted by atomic mass is 19.4. The van der Waals surface area contributed by atoms with Gasteiger partial charge in [-0.15, -0.1) is 0 Å². The average molecular weight is 556 g/mol. The van der Waals surface area contributed by atoms with E-state index in [4.69, 9.17) is 4.98 Å². The minimum atomic E-state index is -4.74.